The van der Waals surface area contributed by atoms with Crippen LogP contribution in [0.3, 0.4) is 0 Å². The van der Waals surface area contributed by atoms with Crippen LogP contribution in [0, 0.1) is 6.92 Å². The smallest absolute Gasteiger partial charge is 0.326 e. The monoisotopic (exact) mass is 529 g/mol. The maximum atomic E-state index is 13.6. The molecule has 0 aromatic heterocycles. The lowest BCUT2D eigenvalue weighted by atomic mass is 9.74. The van der Waals surface area contributed by atoms with Gasteiger partial charge in [-0.25, -0.2) is 4.79 Å². The number of para-hydroxylation sites is 1. The summed E-state index contributed by atoms with van der Waals surface area (Å²) in [6.07, 6.45) is 6.54. The Hall–Kier alpha value is -4.35. The summed E-state index contributed by atoms with van der Waals surface area (Å²) in [5.41, 5.74) is 5.56. The Morgan fingerprint density at radius 2 is 1.55 bits per heavy atom. The van der Waals surface area contributed by atoms with Gasteiger partial charge in [0.15, 0.2) is 0 Å². The highest BCUT2D eigenvalue weighted by molar-refractivity contribution is 6.03. The van der Waals surface area contributed by atoms with Crippen molar-refractivity contribution < 1.29 is 9.53 Å². The Balaban J connectivity index is 1.11. The van der Waals surface area contributed by atoms with Gasteiger partial charge >= 0.3 is 6.03 Å². The normalized spacial score (nSPS) is 16.3. The zero-order chi connectivity index (χ0) is 27.4. The molecule has 4 aromatic carbocycles. The molecule has 1 spiro atoms. The van der Waals surface area contributed by atoms with Gasteiger partial charge in [-0.1, -0.05) is 78.4 Å². The second kappa shape index (κ2) is 11.4. The third-order valence-corrected chi connectivity index (χ3v) is 8.09. The van der Waals surface area contributed by atoms with Crippen LogP contribution in [0.25, 0.3) is 6.08 Å². The molecule has 0 unspecified atom stereocenters. The van der Waals surface area contributed by atoms with Crippen molar-refractivity contribution in [2.24, 2.45) is 0 Å². The number of hydrogen-bond donors (Lipinski definition) is 1. The van der Waals surface area contributed by atoms with Crippen molar-refractivity contribution in [2.45, 2.75) is 25.2 Å². The number of rotatable bonds is 6. The molecule has 2 heterocycles. The number of nitrogens with zero attached hydrogens (tertiary/aromatic N) is 2. The van der Waals surface area contributed by atoms with Crippen LogP contribution in [0.5, 0.6) is 11.5 Å². The fraction of sp³-hybridized carbons (Fsp3) is 0.229. The summed E-state index contributed by atoms with van der Waals surface area (Å²) in [5.74, 6) is 1.52. The van der Waals surface area contributed by atoms with E-state index in [1.165, 1.54) is 16.7 Å². The van der Waals surface area contributed by atoms with Gasteiger partial charge in [0.25, 0.3) is 0 Å². The molecule has 0 saturated carbocycles. The van der Waals surface area contributed by atoms with E-state index in [4.69, 9.17) is 4.74 Å². The minimum absolute atomic E-state index is 0.00822. The highest BCUT2D eigenvalue weighted by atomic mass is 16.5. The van der Waals surface area contributed by atoms with E-state index >= 15 is 0 Å². The second-order valence-corrected chi connectivity index (χ2v) is 10.9. The number of nitrogens with one attached hydrogen (secondary N) is 1. The van der Waals surface area contributed by atoms with Crippen LogP contribution in [0.2, 0.25) is 0 Å². The Morgan fingerprint density at radius 3 is 2.27 bits per heavy atom. The second-order valence-electron chi connectivity index (χ2n) is 10.9. The van der Waals surface area contributed by atoms with Crippen LogP contribution in [0.1, 0.15) is 29.5 Å². The quantitative estimate of drug-likeness (QED) is 0.276. The molecule has 0 radical (unpaired) electrons. The summed E-state index contributed by atoms with van der Waals surface area (Å²) >= 11 is 0. The summed E-state index contributed by atoms with van der Waals surface area (Å²) in [7, 11) is 0. The van der Waals surface area contributed by atoms with Crippen molar-refractivity contribution in [1.82, 2.24) is 4.90 Å². The molecule has 1 saturated heterocycles. The molecule has 2 amide bonds. The van der Waals surface area contributed by atoms with Crippen LogP contribution in [0.15, 0.2) is 109 Å². The highest BCUT2D eigenvalue weighted by Gasteiger charge is 2.46. The number of piperidine rings is 1. The van der Waals surface area contributed by atoms with Gasteiger partial charge in [0.2, 0.25) is 0 Å². The van der Waals surface area contributed by atoms with Crippen molar-refractivity contribution in [3.05, 3.63) is 126 Å². The average Bonchev–Trinajstić information content (AvgIpc) is 3.29. The summed E-state index contributed by atoms with van der Waals surface area (Å²) in [4.78, 5) is 18.0. The minimum atomic E-state index is -0.0908. The van der Waals surface area contributed by atoms with E-state index in [0.717, 1.165) is 55.3 Å². The number of benzene rings is 4. The first kappa shape index (κ1) is 25.9. The standard InChI is InChI=1S/C35H35N3O2/c1-27-14-19-33-32(25-27)35(20-23-37(24-21-35)22-8-11-28-9-4-2-5-10-28)26-38(33)34(39)36-29-15-17-31(18-16-29)40-30-12-6-3-7-13-30/h2-19,25H,20-24,26H2,1H3,(H,36,39). The van der Waals surface area contributed by atoms with Gasteiger partial charge in [0, 0.05) is 29.9 Å². The van der Waals surface area contributed by atoms with Crippen LogP contribution >= 0.6 is 0 Å². The molecule has 40 heavy (non-hydrogen) atoms. The van der Waals surface area contributed by atoms with Gasteiger partial charge in [-0.05, 0) is 86.4 Å². The molecule has 0 bridgehead atoms. The van der Waals surface area contributed by atoms with E-state index in [1.807, 2.05) is 65.6 Å². The van der Waals surface area contributed by atoms with Gasteiger partial charge in [-0.15, -0.1) is 0 Å². The predicted octanol–water partition coefficient (Wildman–Crippen LogP) is 7.89. The molecule has 202 valence electrons. The van der Waals surface area contributed by atoms with E-state index in [9.17, 15) is 4.79 Å². The third-order valence-electron chi connectivity index (χ3n) is 8.09. The first-order valence-electron chi connectivity index (χ1n) is 14.0. The van der Waals surface area contributed by atoms with E-state index in [0.29, 0.717) is 6.54 Å². The number of amides is 2. The summed E-state index contributed by atoms with van der Waals surface area (Å²) in [6.45, 7) is 5.83. The van der Waals surface area contributed by atoms with Crippen molar-refractivity contribution in [3.63, 3.8) is 0 Å². The van der Waals surface area contributed by atoms with Crippen molar-refractivity contribution in [2.75, 3.05) is 36.4 Å². The van der Waals surface area contributed by atoms with Gasteiger partial charge < -0.3 is 10.1 Å². The number of carbonyl (C=O) groups excluding carboxylic acids is 1. The van der Waals surface area contributed by atoms with Crippen LogP contribution in [-0.2, 0) is 5.41 Å². The number of urea groups is 1. The van der Waals surface area contributed by atoms with Crippen LogP contribution < -0.4 is 15.0 Å². The van der Waals surface area contributed by atoms with E-state index in [2.05, 4.69) is 71.8 Å². The molecule has 2 aliphatic rings. The summed E-state index contributed by atoms with van der Waals surface area (Å²) in [5, 5.41) is 3.12. The van der Waals surface area contributed by atoms with Crippen molar-refractivity contribution >= 4 is 23.5 Å². The zero-order valence-electron chi connectivity index (χ0n) is 22.9. The third kappa shape index (κ3) is 5.65. The minimum Gasteiger partial charge on any atom is -0.457 e. The number of likely N-dealkylation sites (tertiary alicyclic amines) is 1. The average molecular weight is 530 g/mol. The molecular formula is C35H35N3O2. The molecule has 5 heteroatoms. The molecule has 2 aliphatic heterocycles. The molecule has 4 aromatic rings. The molecule has 5 nitrogen and oxygen atoms in total. The van der Waals surface area contributed by atoms with E-state index < -0.39 is 0 Å². The van der Waals surface area contributed by atoms with Gasteiger partial charge in [0.05, 0.1) is 0 Å². The maximum absolute atomic E-state index is 13.6. The Labute approximate surface area is 236 Å². The Bertz CT molecular complexity index is 1470. The van der Waals surface area contributed by atoms with Crippen LogP contribution in [-0.4, -0.2) is 37.1 Å². The number of aryl methyl sites for hydroxylation is 1. The molecule has 6 rings (SSSR count). The van der Waals surface area contributed by atoms with Gasteiger partial charge in [-0.2, -0.15) is 0 Å². The molecule has 1 fully saturated rings. The number of fused-ring (bicyclic) bond motifs is 2. The van der Waals surface area contributed by atoms with E-state index in [1.54, 1.807) is 0 Å². The van der Waals surface area contributed by atoms with Crippen LogP contribution in [0.4, 0.5) is 16.2 Å². The largest absolute Gasteiger partial charge is 0.457 e. The molecule has 0 aliphatic carbocycles. The number of carbonyl (C=O) groups is 1. The first-order chi connectivity index (χ1) is 19.6. The summed E-state index contributed by atoms with van der Waals surface area (Å²) < 4.78 is 5.90. The van der Waals surface area contributed by atoms with Crippen molar-refractivity contribution in [3.8, 4) is 11.5 Å². The summed E-state index contributed by atoms with van der Waals surface area (Å²) in [6, 6.07) is 34.1. The Morgan fingerprint density at radius 1 is 0.875 bits per heavy atom. The number of hydrogen-bond acceptors (Lipinski definition) is 3. The van der Waals surface area contributed by atoms with E-state index in [-0.39, 0.29) is 11.4 Å². The lowest BCUT2D eigenvalue weighted by Gasteiger charge is -2.39. The fourth-order valence-corrected chi connectivity index (χ4v) is 5.88. The fourth-order valence-electron chi connectivity index (χ4n) is 5.88. The van der Waals surface area contributed by atoms with Gasteiger partial charge in [-0.3, -0.25) is 9.80 Å². The van der Waals surface area contributed by atoms with Gasteiger partial charge in [0.1, 0.15) is 11.5 Å². The highest BCUT2D eigenvalue weighted by Crippen LogP contribution is 2.47. The Kier molecular flexibility index (Phi) is 7.39. The molecule has 1 N–H and O–H groups in total. The van der Waals surface area contributed by atoms with Crippen molar-refractivity contribution in [1.29, 1.82) is 0 Å². The maximum Gasteiger partial charge on any atom is 0.326 e. The molecule has 0 atom stereocenters. The first-order valence-corrected chi connectivity index (χ1v) is 14.0. The lowest BCUT2D eigenvalue weighted by molar-refractivity contribution is 0.180. The predicted molar refractivity (Wildman–Crippen MR) is 163 cm³/mol. The topological polar surface area (TPSA) is 44.8 Å². The lowest BCUT2D eigenvalue weighted by Crippen LogP contribution is -2.46. The SMILES string of the molecule is Cc1ccc2c(c1)C1(CCN(CC=Cc3ccccc3)CC1)CN2C(=O)Nc1ccc(Oc2ccccc2)cc1. The number of ether oxygens (including phenoxy) is 1. The zero-order valence-corrected chi connectivity index (χ0v) is 22.9. The number of anilines is 2. The molecular weight excluding hydrogens is 494 g/mol.